The van der Waals surface area contributed by atoms with Crippen molar-refractivity contribution < 1.29 is 0 Å². The lowest BCUT2D eigenvalue weighted by atomic mass is 10.4. The Morgan fingerprint density at radius 3 is 2.42 bits per heavy atom. The highest BCUT2D eigenvalue weighted by molar-refractivity contribution is 7.60. The molecule has 102 valence electrons. The average Bonchev–Trinajstić information content (AvgIpc) is 2.89. The maximum atomic E-state index is 4.63. The van der Waals surface area contributed by atoms with Crippen molar-refractivity contribution >= 4 is 13.9 Å². The number of nitrogens with zero attached hydrogens (tertiary/aromatic N) is 3. The molecular formula is C14H21N4P. The van der Waals surface area contributed by atoms with Gasteiger partial charge in [0.15, 0.2) is 5.82 Å². The van der Waals surface area contributed by atoms with Crippen LogP contribution in [0.3, 0.4) is 0 Å². The minimum absolute atomic E-state index is 0.267. The molecule has 2 aromatic rings. The highest BCUT2D eigenvalue weighted by Crippen LogP contribution is 2.45. The number of anilines is 1. The van der Waals surface area contributed by atoms with Crippen LogP contribution in [0.5, 0.6) is 0 Å². The SMILES string of the molecule is CC(C)P(Nc1cccc(-n2cccn2)n1)C(C)C. The van der Waals surface area contributed by atoms with Crippen molar-refractivity contribution in [2.75, 3.05) is 5.09 Å². The molecule has 0 unspecified atom stereocenters. The summed E-state index contributed by atoms with van der Waals surface area (Å²) in [6.45, 7) is 9.04. The first kappa shape index (κ1) is 14.0. The molecule has 0 spiro atoms. The normalized spacial score (nSPS) is 11.5. The van der Waals surface area contributed by atoms with Gasteiger partial charge in [0.25, 0.3) is 0 Å². The summed E-state index contributed by atoms with van der Waals surface area (Å²) < 4.78 is 1.78. The van der Waals surface area contributed by atoms with Gasteiger partial charge in [0.2, 0.25) is 0 Å². The molecule has 0 bridgehead atoms. The smallest absolute Gasteiger partial charge is 0.155 e. The van der Waals surface area contributed by atoms with E-state index in [0.29, 0.717) is 11.3 Å². The van der Waals surface area contributed by atoms with E-state index in [1.807, 2.05) is 30.5 Å². The summed E-state index contributed by atoms with van der Waals surface area (Å²) in [5, 5.41) is 7.80. The maximum absolute atomic E-state index is 4.63. The number of pyridine rings is 1. The Morgan fingerprint density at radius 1 is 1.11 bits per heavy atom. The zero-order valence-corrected chi connectivity index (χ0v) is 12.8. The third kappa shape index (κ3) is 3.54. The number of hydrogen-bond acceptors (Lipinski definition) is 3. The second-order valence-corrected chi connectivity index (χ2v) is 8.14. The first-order valence-electron chi connectivity index (χ1n) is 6.60. The van der Waals surface area contributed by atoms with Crippen LogP contribution in [0.15, 0.2) is 36.7 Å². The van der Waals surface area contributed by atoms with E-state index >= 15 is 0 Å². The van der Waals surface area contributed by atoms with E-state index in [4.69, 9.17) is 0 Å². The van der Waals surface area contributed by atoms with Crippen LogP contribution in [0.25, 0.3) is 5.82 Å². The first-order valence-corrected chi connectivity index (χ1v) is 8.08. The lowest BCUT2D eigenvalue weighted by Crippen LogP contribution is -2.11. The van der Waals surface area contributed by atoms with Gasteiger partial charge in [-0.05, 0) is 37.6 Å². The molecule has 0 amide bonds. The summed E-state index contributed by atoms with van der Waals surface area (Å²) in [5.74, 6) is 1.78. The van der Waals surface area contributed by atoms with Crippen molar-refractivity contribution in [1.29, 1.82) is 0 Å². The Labute approximate surface area is 116 Å². The van der Waals surface area contributed by atoms with Crippen LogP contribution in [0.4, 0.5) is 5.82 Å². The monoisotopic (exact) mass is 276 g/mol. The molecule has 0 atom stereocenters. The second kappa shape index (κ2) is 6.16. The second-order valence-electron chi connectivity index (χ2n) is 5.04. The van der Waals surface area contributed by atoms with E-state index in [2.05, 4.69) is 42.9 Å². The van der Waals surface area contributed by atoms with E-state index in [-0.39, 0.29) is 8.07 Å². The molecule has 1 N–H and O–H groups in total. The topological polar surface area (TPSA) is 42.7 Å². The van der Waals surface area contributed by atoms with Crippen LogP contribution in [-0.2, 0) is 0 Å². The molecular weight excluding hydrogens is 255 g/mol. The number of nitrogens with one attached hydrogen (secondary N) is 1. The van der Waals surface area contributed by atoms with E-state index in [1.165, 1.54) is 0 Å². The van der Waals surface area contributed by atoms with Crippen molar-refractivity contribution in [3.05, 3.63) is 36.7 Å². The van der Waals surface area contributed by atoms with E-state index < -0.39 is 0 Å². The maximum Gasteiger partial charge on any atom is 0.155 e. The largest absolute Gasteiger partial charge is 0.349 e. The molecule has 0 fully saturated rings. The fourth-order valence-electron chi connectivity index (χ4n) is 2.00. The molecule has 2 rings (SSSR count). The van der Waals surface area contributed by atoms with Crippen LogP contribution in [0.2, 0.25) is 0 Å². The lowest BCUT2D eigenvalue weighted by Gasteiger charge is -2.26. The molecule has 4 nitrogen and oxygen atoms in total. The Balaban J connectivity index is 2.19. The zero-order valence-electron chi connectivity index (χ0n) is 11.9. The summed E-state index contributed by atoms with van der Waals surface area (Å²) in [5.41, 5.74) is 1.26. The van der Waals surface area contributed by atoms with Crippen molar-refractivity contribution in [3.63, 3.8) is 0 Å². The van der Waals surface area contributed by atoms with Gasteiger partial charge >= 0.3 is 0 Å². The summed E-state index contributed by atoms with van der Waals surface area (Å²) >= 11 is 0. The van der Waals surface area contributed by atoms with Crippen molar-refractivity contribution in [2.24, 2.45) is 0 Å². The molecule has 0 saturated heterocycles. The predicted molar refractivity (Wildman–Crippen MR) is 82.2 cm³/mol. The molecule has 2 aromatic heterocycles. The lowest BCUT2D eigenvalue weighted by molar-refractivity contribution is 0.848. The Kier molecular flexibility index (Phi) is 4.54. The fourth-order valence-corrected chi connectivity index (χ4v) is 4.10. The summed E-state index contributed by atoms with van der Waals surface area (Å²) in [7, 11) is -0.267. The van der Waals surface area contributed by atoms with Gasteiger partial charge in [-0.2, -0.15) is 5.10 Å². The molecule has 0 aliphatic heterocycles. The Hall–Kier alpha value is -1.41. The van der Waals surface area contributed by atoms with Crippen LogP contribution >= 0.6 is 8.07 Å². The van der Waals surface area contributed by atoms with Crippen molar-refractivity contribution in [2.45, 2.75) is 39.0 Å². The molecule has 0 radical (unpaired) electrons. The Morgan fingerprint density at radius 2 is 1.84 bits per heavy atom. The molecule has 0 aliphatic carbocycles. The molecule has 19 heavy (non-hydrogen) atoms. The summed E-state index contributed by atoms with van der Waals surface area (Å²) in [6, 6.07) is 7.90. The number of aromatic nitrogens is 3. The highest BCUT2D eigenvalue weighted by Gasteiger charge is 2.17. The van der Waals surface area contributed by atoms with Gasteiger partial charge in [0.05, 0.1) is 0 Å². The Bertz CT molecular complexity index is 500. The van der Waals surface area contributed by atoms with Gasteiger partial charge in [0.1, 0.15) is 5.82 Å². The predicted octanol–water partition coefficient (Wildman–Crippen LogP) is 3.89. The minimum atomic E-state index is -0.267. The van der Waals surface area contributed by atoms with E-state index in [9.17, 15) is 0 Å². The van der Waals surface area contributed by atoms with Gasteiger partial charge in [-0.15, -0.1) is 0 Å². The van der Waals surface area contributed by atoms with Crippen molar-refractivity contribution in [3.8, 4) is 5.82 Å². The van der Waals surface area contributed by atoms with Gasteiger partial charge in [-0.1, -0.05) is 33.8 Å². The molecule has 0 aliphatic rings. The summed E-state index contributed by atoms with van der Waals surface area (Å²) in [4.78, 5) is 4.63. The summed E-state index contributed by atoms with van der Waals surface area (Å²) in [6.07, 6.45) is 3.66. The molecule has 0 aromatic carbocycles. The molecule has 2 heterocycles. The molecule has 5 heteroatoms. The van der Waals surface area contributed by atoms with Gasteiger partial charge in [0, 0.05) is 12.4 Å². The average molecular weight is 276 g/mol. The third-order valence-electron chi connectivity index (χ3n) is 2.83. The van der Waals surface area contributed by atoms with Gasteiger partial charge in [-0.25, -0.2) is 9.67 Å². The number of hydrogen-bond donors (Lipinski definition) is 1. The van der Waals surface area contributed by atoms with Crippen LogP contribution < -0.4 is 5.09 Å². The van der Waals surface area contributed by atoms with Crippen LogP contribution in [-0.4, -0.2) is 26.1 Å². The van der Waals surface area contributed by atoms with Gasteiger partial charge < -0.3 is 5.09 Å². The third-order valence-corrected chi connectivity index (χ3v) is 5.54. The highest BCUT2D eigenvalue weighted by atomic mass is 31.1. The zero-order chi connectivity index (χ0) is 13.8. The minimum Gasteiger partial charge on any atom is -0.349 e. The number of rotatable bonds is 5. The molecule has 0 saturated carbocycles. The van der Waals surface area contributed by atoms with Crippen molar-refractivity contribution in [1.82, 2.24) is 14.8 Å². The quantitative estimate of drug-likeness (QED) is 0.842. The standard InChI is InChI=1S/C14H21N4P/c1-11(2)19(12(3)4)17-13-7-5-8-14(16-13)18-10-6-9-15-18/h5-12H,1-4H3,(H,16,17). The fraction of sp³-hybridized carbons (Fsp3) is 0.429. The van der Waals surface area contributed by atoms with Crippen LogP contribution in [0.1, 0.15) is 27.7 Å². The van der Waals surface area contributed by atoms with Gasteiger partial charge in [-0.3, -0.25) is 0 Å². The van der Waals surface area contributed by atoms with E-state index in [0.717, 1.165) is 11.6 Å². The first-order chi connectivity index (χ1) is 9.08. The van der Waals surface area contributed by atoms with Crippen LogP contribution in [0, 0.1) is 0 Å². The van der Waals surface area contributed by atoms with E-state index in [1.54, 1.807) is 10.9 Å².